The first-order valence-corrected chi connectivity index (χ1v) is 4.67. The van der Waals surface area contributed by atoms with Crippen LogP contribution in [0.3, 0.4) is 0 Å². The molecule has 0 aromatic carbocycles. The van der Waals surface area contributed by atoms with Crippen LogP contribution in [0.15, 0.2) is 0 Å². The highest BCUT2D eigenvalue weighted by Crippen LogP contribution is 1.88. The van der Waals surface area contributed by atoms with Gasteiger partial charge in [-0.1, -0.05) is 0 Å². The molecule has 0 aromatic rings. The van der Waals surface area contributed by atoms with Gasteiger partial charge in [0.1, 0.15) is 0 Å². The fourth-order valence-electron chi connectivity index (χ4n) is 0.855. The average molecular weight is 232 g/mol. The van der Waals surface area contributed by atoms with Crippen molar-refractivity contribution in [3.8, 4) is 0 Å². The fraction of sp³-hybridized carbons (Fsp3) is 0.625. The summed E-state index contributed by atoms with van der Waals surface area (Å²) in [4.78, 5) is 33.0. The Kier molecular flexibility index (Phi) is 6.41. The van der Waals surface area contributed by atoms with E-state index in [1.165, 1.54) is 11.9 Å². The van der Waals surface area contributed by atoms with E-state index in [0.29, 0.717) is 0 Å². The molecule has 0 unspecified atom stereocenters. The molecule has 0 heterocycles. The lowest BCUT2D eigenvalue weighted by Gasteiger charge is -2.16. The lowest BCUT2D eigenvalue weighted by atomic mass is 10.4. The zero-order valence-electron chi connectivity index (χ0n) is 9.02. The van der Waals surface area contributed by atoms with Crippen LogP contribution >= 0.6 is 0 Å². The first-order valence-electron chi connectivity index (χ1n) is 4.67. The van der Waals surface area contributed by atoms with Gasteiger partial charge in [0.05, 0.1) is 6.42 Å². The summed E-state index contributed by atoms with van der Waals surface area (Å²) in [6.07, 6.45) is -0.108. The van der Waals surface area contributed by atoms with Crippen LogP contribution in [-0.4, -0.2) is 54.7 Å². The lowest BCUT2D eigenvalue weighted by molar-refractivity contribution is -0.137. The van der Waals surface area contributed by atoms with E-state index >= 15 is 0 Å². The van der Waals surface area contributed by atoms with Gasteiger partial charge in [-0.15, -0.1) is 0 Å². The summed E-state index contributed by atoms with van der Waals surface area (Å²) in [6.45, 7) is 0.595. The number of carboxylic acid groups (broad SMARTS) is 1. The molecule has 16 heavy (non-hydrogen) atoms. The highest BCUT2D eigenvalue weighted by Gasteiger charge is 2.08. The predicted octanol–water partition coefficient (Wildman–Crippen LogP) is -1.23. The number of primary amides is 1. The molecule has 0 radical (unpaired) electrons. The van der Waals surface area contributed by atoms with Crippen molar-refractivity contribution >= 4 is 18.0 Å². The van der Waals surface area contributed by atoms with Gasteiger partial charge in [-0.2, -0.15) is 0 Å². The number of amides is 4. The van der Waals surface area contributed by atoms with Crippen molar-refractivity contribution in [1.82, 2.24) is 15.5 Å². The summed E-state index contributed by atoms with van der Waals surface area (Å²) in [6, 6.07) is -1.05. The molecule has 92 valence electrons. The number of hydrogen-bond donors (Lipinski definition) is 4. The summed E-state index contributed by atoms with van der Waals surface area (Å²) >= 11 is 0. The van der Waals surface area contributed by atoms with E-state index < -0.39 is 18.0 Å². The first-order chi connectivity index (χ1) is 7.43. The number of rotatable bonds is 6. The third kappa shape index (κ3) is 7.42. The fourth-order valence-corrected chi connectivity index (χ4v) is 0.855. The Bertz CT molecular complexity index is 269. The van der Waals surface area contributed by atoms with E-state index in [9.17, 15) is 14.4 Å². The van der Waals surface area contributed by atoms with Crippen molar-refractivity contribution in [3.05, 3.63) is 0 Å². The molecular formula is C8H16N4O4. The maximum atomic E-state index is 11.3. The largest absolute Gasteiger partial charge is 0.481 e. The Labute approximate surface area is 92.8 Å². The van der Waals surface area contributed by atoms with Gasteiger partial charge in [-0.3, -0.25) is 4.79 Å². The SMILES string of the molecule is CN(CCC(=O)O)C(=O)NCCNC(N)=O. The van der Waals surface area contributed by atoms with Crippen molar-refractivity contribution in [2.75, 3.05) is 26.7 Å². The van der Waals surface area contributed by atoms with Crippen molar-refractivity contribution in [1.29, 1.82) is 0 Å². The van der Waals surface area contributed by atoms with Crippen LogP contribution in [0.1, 0.15) is 6.42 Å². The Morgan fingerprint density at radius 3 is 2.31 bits per heavy atom. The number of hydrogen-bond acceptors (Lipinski definition) is 3. The second-order valence-corrected chi connectivity index (χ2v) is 3.09. The number of urea groups is 2. The molecule has 8 heteroatoms. The molecule has 0 saturated heterocycles. The van der Waals surface area contributed by atoms with Crippen LogP contribution < -0.4 is 16.4 Å². The molecule has 8 nitrogen and oxygen atoms in total. The van der Waals surface area contributed by atoms with Gasteiger partial charge in [-0.25, -0.2) is 9.59 Å². The molecule has 0 rings (SSSR count). The van der Waals surface area contributed by atoms with E-state index in [0.717, 1.165) is 0 Å². The first kappa shape index (κ1) is 14.0. The zero-order valence-corrected chi connectivity index (χ0v) is 9.02. The van der Waals surface area contributed by atoms with Crippen LogP contribution in [0.5, 0.6) is 0 Å². The third-order valence-electron chi connectivity index (χ3n) is 1.71. The number of carbonyl (C=O) groups is 3. The van der Waals surface area contributed by atoms with Crippen molar-refractivity contribution in [3.63, 3.8) is 0 Å². The van der Waals surface area contributed by atoms with Gasteiger partial charge in [0.25, 0.3) is 0 Å². The van der Waals surface area contributed by atoms with Crippen LogP contribution in [0.2, 0.25) is 0 Å². The Morgan fingerprint density at radius 2 is 1.81 bits per heavy atom. The van der Waals surface area contributed by atoms with Gasteiger partial charge in [-0.05, 0) is 0 Å². The number of carboxylic acids is 1. The number of nitrogens with zero attached hydrogens (tertiary/aromatic N) is 1. The molecule has 5 N–H and O–H groups in total. The standard InChI is InChI=1S/C8H16N4O4/c1-12(5-2-6(13)14)8(16)11-4-3-10-7(9)15/h2-5H2,1H3,(H,11,16)(H,13,14)(H3,9,10,15). The zero-order chi connectivity index (χ0) is 12.6. The van der Waals surface area contributed by atoms with Gasteiger partial charge in [0, 0.05) is 26.7 Å². The minimum Gasteiger partial charge on any atom is -0.481 e. The monoisotopic (exact) mass is 232 g/mol. The van der Waals surface area contributed by atoms with E-state index in [1.54, 1.807) is 0 Å². The molecule has 0 aliphatic carbocycles. The van der Waals surface area contributed by atoms with Crippen LogP contribution in [0.4, 0.5) is 9.59 Å². The molecule has 0 aliphatic rings. The second kappa shape index (κ2) is 7.32. The summed E-state index contributed by atoms with van der Waals surface area (Å²) in [7, 11) is 1.49. The Hall–Kier alpha value is -1.99. The van der Waals surface area contributed by atoms with Crippen molar-refractivity contribution in [2.45, 2.75) is 6.42 Å². The second-order valence-electron chi connectivity index (χ2n) is 3.09. The van der Waals surface area contributed by atoms with Gasteiger partial charge in [0.15, 0.2) is 0 Å². The highest BCUT2D eigenvalue weighted by molar-refractivity contribution is 5.75. The number of nitrogens with one attached hydrogen (secondary N) is 2. The molecule has 0 aromatic heterocycles. The quantitative estimate of drug-likeness (QED) is 0.428. The van der Waals surface area contributed by atoms with E-state index in [-0.39, 0.29) is 26.1 Å². The number of aliphatic carboxylic acids is 1. The smallest absolute Gasteiger partial charge is 0.317 e. The normalized spacial score (nSPS) is 9.31. The molecule has 0 fully saturated rings. The Balaban J connectivity index is 3.62. The van der Waals surface area contributed by atoms with Gasteiger partial charge >= 0.3 is 18.0 Å². The van der Waals surface area contributed by atoms with Gasteiger partial charge < -0.3 is 26.4 Å². The topological polar surface area (TPSA) is 125 Å². The molecule has 0 saturated carbocycles. The minimum absolute atomic E-state index is 0.108. The van der Waals surface area contributed by atoms with E-state index in [4.69, 9.17) is 10.8 Å². The van der Waals surface area contributed by atoms with Crippen molar-refractivity contribution in [2.24, 2.45) is 5.73 Å². The van der Waals surface area contributed by atoms with Crippen LogP contribution in [0, 0.1) is 0 Å². The Morgan fingerprint density at radius 1 is 1.25 bits per heavy atom. The predicted molar refractivity (Wildman–Crippen MR) is 55.9 cm³/mol. The molecule has 0 aliphatic heterocycles. The summed E-state index contributed by atoms with van der Waals surface area (Å²) in [5.74, 6) is -0.963. The third-order valence-corrected chi connectivity index (χ3v) is 1.71. The maximum Gasteiger partial charge on any atom is 0.317 e. The molecule has 0 bridgehead atoms. The highest BCUT2D eigenvalue weighted by atomic mass is 16.4. The molecule has 4 amide bonds. The summed E-state index contributed by atoms with van der Waals surface area (Å²) in [5, 5.41) is 13.2. The van der Waals surface area contributed by atoms with Crippen LogP contribution in [-0.2, 0) is 4.79 Å². The minimum atomic E-state index is -0.963. The van der Waals surface area contributed by atoms with Crippen LogP contribution in [0.25, 0.3) is 0 Å². The number of nitrogens with two attached hydrogens (primary N) is 1. The summed E-state index contributed by atoms with van der Waals surface area (Å²) < 4.78 is 0. The van der Waals surface area contributed by atoms with Crippen molar-refractivity contribution < 1.29 is 19.5 Å². The van der Waals surface area contributed by atoms with E-state index in [1.807, 2.05) is 0 Å². The lowest BCUT2D eigenvalue weighted by Crippen LogP contribution is -2.42. The maximum absolute atomic E-state index is 11.3. The molecule has 0 spiro atoms. The molecule has 0 atom stereocenters. The molecular weight excluding hydrogens is 216 g/mol. The van der Waals surface area contributed by atoms with E-state index in [2.05, 4.69) is 10.6 Å². The number of carbonyl (C=O) groups excluding carboxylic acids is 2. The van der Waals surface area contributed by atoms with Gasteiger partial charge in [0.2, 0.25) is 0 Å². The average Bonchev–Trinajstić information content (AvgIpc) is 2.20. The summed E-state index contributed by atoms with van der Waals surface area (Å²) in [5.41, 5.74) is 4.81.